The van der Waals surface area contributed by atoms with Crippen LogP contribution >= 0.6 is 0 Å². The van der Waals surface area contributed by atoms with Gasteiger partial charge in [-0.25, -0.2) is 9.97 Å². The molecular weight excluding hydrogens is 312 g/mol. The Bertz CT molecular complexity index is 664. The number of nitrogens with zero attached hydrogens (tertiary/aromatic N) is 2. The van der Waals surface area contributed by atoms with Gasteiger partial charge in [-0.3, -0.25) is 0 Å². The second kappa shape index (κ2) is 8.70. The van der Waals surface area contributed by atoms with Gasteiger partial charge in [0.05, 0.1) is 7.11 Å². The molecule has 1 aliphatic rings. The molecule has 2 N–H and O–H groups in total. The third kappa shape index (κ3) is 5.34. The maximum Gasteiger partial charge on any atom is 0.132 e. The highest BCUT2D eigenvalue weighted by Gasteiger charge is 2.13. The van der Waals surface area contributed by atoms with Crippen molar-refractivity contribution in [1.82, 2.24) is 9.97 Å². The second-order valence-electron chi connectivity index (χ2n) is 6.72. The number of methoxy groups -OCH3 is 1. The summed E-state index contributed by atoms with van der Waals surface area (Å²) in [5.41, 5.74) is 1.19. The van der Waals surface area contributed by atoms with Crippen LogP contribution in [0.25, 0.3) is 0 Å². The summed E-state index contributed by atoms with van der Waals surface area (Å²) in [6, 6.07) is 10.6. The largest absolute Gasteiger partial charge is 0.497 e. The van der Waals surface area contributed by atoms with Crippen LogP contribution in [0.5, 0.6) is 5.75 Å². The molecule has 2 aromatic rings. The van der Waals surface area contributed by atoms with Crippen LogP contribution in [0.15, 0.2) is 30.3 Å². The Balaban J connectivity index is 1.61. The molecule has 1 heterocycles. The maximum atomic E-state index is 5.20. The first-order valence-corrected chi connectivity index (χ1v) is 9.22. The summed E-state index contributed by atoms with van der Waals surface area (Å²) in [4.78, 5) is 9.06. The van der Waals surface area contributed by atoms with Crippen molar-refractivity contribution < 1.29 is 4.74 Å². The van der Waals surface area contributed by atoms with Gasteiger partial charge < -0.3 is 15.4 Å². The number of hydrogen-bond donors (Lipinski definition) is 2. The van der Waals surface area contributed by atoms with Crippen molar-refractivity contribution in [2.75, 3.05) is 17.7 Å². The number of hydrogen-bond acceptors (Lipinski definition) is 5. The lowest BCUT2D eigenvalue weighted by molar-refractivity contribution is 0.414. The van der Waals surface area contributed by atoms with Gasteiger partial charge in [0.25, 0.3) is 0 Å². The topological polar surface area (TPSA) is 59.1 Å². The lowest BCUT2D eigenvalue weighted by Crippen LogP contribution is -2.19. The van der Waals surface area contributed by atoms with Gasteiger partial charge >= 0.3 is 0 Å². The smallest absolute Gasteiger partial charge is 0.132 e. The summed E-state index contributed by atoms with van der Waals surface area (Å²) in [7, 11) is 1.68. The molecule has 0 amide bonds. The molecule has 0 aliphatic heterocycles. The third-order valence-corrected chi connectivity index (χ3v) is 4.68. The van der Waals surface area contributed by atoms with Crippen LogP contribution in [0.4, 0.5) is 11.6 Å². The number of aryl methyl sites for hydroxylation is 1. The van der Waals surface area contributed by atoms with Gasteiger partial charge in [0.15, 0.2) is 0 Å². The molecule has 1 aliphatic carbocycles. The molecule has 3 rings (SSSR count). The van der Waals surface area contributed by atoms with E-state index in [1.165, 1.54) is 44.1 Å². The predicted octanol–water partition coefficient (Wildman–Crippen LogP) is 4.54. The number of rotatable bonds is 6. The van der Waals surface area contributed by atoms with E-state index in [0.717, 1.165) is 29.8 Å². The normalized spacial score (nSPS) is 15.4. The van der Waals surface area contributed by atoms with Crippen molar-refractivity contribution in [3.8, 4) is 5.75 Å². The van der Waals surface area contributed by atoms with Crippen molar-refractivity contribution >= 4 is 11.6 Å². The lowest BCUT2D eigenvalue weighted by Gasteiger charge is -2.18. The van der Waals surface area contributed by atoms with E-state index >= 15 is 0 Å². The van der Waals surface area contributed by atoms with Gasteiger partial charge in [0.2, 0.25) is 0 Å². The Morgan fingerprint density at radius 2 is 1.68 bits per heavy atom. The Morgan fingerprint density at radius 3 is 2.36 bits per heavy atom. The first-order valence-electron chi connectivity index (χ1n) is 9.22. The first kappa shape index (κ1) is 17.5. The molecule has 1 saturated carbocycles. The van der Waals surface area contributed by atoms with Gasteiger partial charge in [-0.15, -0.1) is 0 Å². The van der Waals surface area contributed by atoms with Crippen LogP contribution in [-0.4, -0.2) is 23.1 Å². The van der Waals surface area contributed by atoms with Gasteiger partial charge in [-0.1, -0.05) is 37.8 Å². The fraction of sp³-hybridized carbons (Fsp3) is 0.500. The van der Waals surface area contributed by atoms with E-state index in [2.05, 4.69) is 32.7 Å². The minimum absolute atomic E-state index is 0.534. The van der Waals surface area contributed by atoms with Crippen molar-refractivity contribution in [2.24, 2.45) is 0 Å². The zero-order valence-electron chi connectivity index (χ0n) is 15.2. The second-order valence-corrected chi connectivity index (χ2v) is 6.72. The van der Waals surface area contributed by atoms with Gasteiger partial charge in [-0.2, -0.15) is 0 Å². The maximum absolute atomic E-state index is 5.20. The molecule has 5 heteroatoms. The number of nitrogens with one attached hydrogen (secondary N) is 2. The van der Waals surface area contributed by atoms with Crippen LogP contribution in [0.2, 0.25) is 0 Å². The van der Waals surface area contributed by atoms with Crippen molar-refractivity contribution in [2.45, 2.75) is 58.0 Å². The molecule has 1 aromatic heterocycles. The monoisotopic (exact) mass is 340 g/mol. The average molecular weight is 340 g/mol. The first-order chi connectivity index (χ1) is 12.2. The van der Waals surface area contributed by atoms with Crippen LogP contribution in [0, 0.1) is 6.92 Å². The number of anilines is 2. The quantitative estimate of drug-likeness (QED) is 0.756. The fourth-order valence-corrected chi connectivity index (χ4v) is 3.30. The van der Waals surface area contributed by atoms with E-state index in [1.807, 2.05) is 25.1 Å². The highest BCUT2D eigenvalue weighted by atomic mass is 16.5. The van der Waals surface area contributed by atoms with E-state index < -0.39 is 0 Å². The zero-order valence-corrected chi connectivity index (χ0v) is 15.2. The molecular formula is C20H28N4O. The molecule has 1 aromatic carbocycles. The minimum atomic E-state index is 0.534. The molecule has 0 saturated heterocycles. The molecule has 0 radical (unpaired) electrons. The Hall–Kier alpha value is -2.30. The predicted molar refractivity (Wildman–Crippen MR) is 102 cm³/mol. The number of ether oxygens (including phenoxy) is 1. The Morgan fingerprint density at radius 1 is 1.00 bits per heavy atom. The van der Waals surface area contributed by atoms with Gasteiger partial charge in [0, 0.05) is 18.7 Å². The van der Waals surface area contributed by atoms with Gasteiger partial charge in [0.1, 0.15) is 23.2 Å². The van der Waals surface area contributed by atoms with E-state index in [4.69, 9.17) is 4.74 Å². The molecule has 134 valence electrons. The van der Waals surface area contributed by atoms with Crippen molar-refractivity contribution in [3.63, 3.8) is 0 Å². The van der Waals surface area contributed by atoms with Gasteiger partial charge in [-0.05, 0) is 37.5 Å². The molecule has 25 heavy (non-hydrogen) atoms. The lowest BCUT2D eigenvalue weighted by atomic mass is 10.1. The molecule has 1 fully saturated rings. The molecule has 0 bridgehead atoms. The average Bonchev–Trinajstić information content (AvgIpc) is 2.88. The summed E-state index contributed by atoms with van der Waals surface area (Å²) in [6.07, 6.45) is 7.80. The summed E-state index contributed by atoms with van der Waals surface area (Å²) in [5.74, 6) is 3.45. The SMILES string of the molecule is COc1ccc(CNc2cc(NC3CCCCCC3)nc(C)n2)cc1. The summed E-state index contributed by atoms with van der Waals surface area (Å²) >= 11 is 0. The summed E-state index contributed by atoms with van der Waals surface area (Å²) < 4.78 is 5.20. The standard InChI is InChI=1S/C20H28N4O/c1-15-22-19(21-14-16-9-11-18(25-2)12-10-16)13-20(23-15)24-17-7-5-3-4-6-8-17/h9-13,17H,3-8,14H2,1-2H3,(H2,21,22,23,24). The van der Waals surface area contributed by atoms with E-state index in [1.54, 1.807) is 7.11 Å². The number of benzene rings is 1. The highest BCUT2D eigenvalue weighted by molar-refractivity contribution is 5.48. The summed E-state index contributed by atoms with van der Waals surface area (Å²) in [6.45, 7) is 2.67. The van der Waals surface area contributed by atoms with Crippen molar-refractivity contribution in [3.05, 3.63) is 41.7 Å². The Labute approximate surface area is 150 Å². The zero-order chi connectivity index (χ0) is 17.5. The minimum Gasteiger partial charge on any atom is -0.497 e. The fourth-order valence-electron chi connectivity index (χ4n) is 3.30. The summed E-state index contributed by atoms with van der Waals surface area (Å²) in [5, 5.41) is 7.00. The van der Waals surface area contributed by atoms with Crippen LogP contribution in [0.3, 0.4) is 0 Å². The molecule has 0 spiro atoms. The Kier molecular flexibility index (Phi) is 6.09. The molecule has 0 unspecified atom stereocenters. The molecule has 5 nitrogen and oxygen atoms in total. The van der Waals surface area contributed by atoms with E-state index in [0.29, 0.717) is 6.04 Å². The molecule has 0 atom stereocenters. The highest BCUT2D eigenvalue weighted by Crippen LogP contribution is 2.21. The van der Waals surface area contributed by atoms with Crippen LogP contribution < -0.4 is 15.4 Å². The number of aromatic nitrogens is 2. The van der Waals surface area contributed by atoms with Crippen molar-refractivity contribution in [1.29, 1.82) is 0 Å². The van der Waals surface area contributed by atoms with E-state index in [9.17, 15) is 0 Å². The third-order valence-electron chi connectivity index (χ3n) is 4.68. The van der Waals surface area contributed by atoms with Crippen LogP contribution in [0.1, 0.15) is 49.9 Å². The van der Waals surface area contributed by atoms with Crippen LogP contribution in [-0.2, 0) is 6.54 Å². The van der Waals surface area contributed by atoms with E-state index in [-0.39, 0.29) is 0 Å².